The van der Waals surface area contributed by atoms with E-state index in [1.807, 2.05) is 5.38 Å². The van der Waals surface area contributed by atoms with E-state index in [-0.39, 0.29) is 5.91 Å². The van der Waals surface area contributed by atoms with Gasteiger partial charge < -0.3 is 5.32 Å². The van der Waals surface area contributed by atoms with Crippen LogP contribution in [0.5, 0.6) is 0 Å². The molecule has 0 aliphatic rings. The zero-order chi connectivity index (χ0) is 11.4. The van der Waals surface area contributed by atoms with Gasteiger partial charge >= 0.3 is 0 Å². The van der Waals surface area contributed by atoms with Crippen molar-refractivity contribution in [2.45, 2.75) is 33.6 Å². The average Bonchev–Trinajstić information content (AvgIpc) is 2.62. The minimum Gasteiger partial charge on any atom is -0.350 e. The van der Waals surface area contributed by atoms with E-state index >= 15 is 0 Å². The zero-order valence-corrected chi connectivity index (χ0v) is 10.5. The maximum Gasteiger partial charge on any atom is 0.270 e. The van der Waals surface area contributed by atoms with Crippen molar-refractivity contribution >= 4 is 17.2 Å². The first-order valence-electron chi connectivity index (χ1n) is 5.24. The van der Waals surface area contributed by atoms with Gasteiger partial charge in [-0.25, -0.2) is 4.98 Å². The second kappa shape index (κ2) is 5.26. The number of nitrogens with one attached hydrogen (secondary N) is 1. The van der Waals surface area contributed by atoms with Crippen molar-refractivity contribution in [1.82, 2.24) is 10.3 Å². The van der Waals surface area contributed by atoms with Crippen molar-refractivity contribution in [2.75, 3.05) is 6.54 Å². The smallest absolute Gasteiger partial charge is 0.270 e. The summed E-state index contributed by atoms with van der Waals surface area (Å²) in [5, 5.41) is 5.70. The summed E-state index contributed by atoms with van der Waals surface area (Å²) < 4.78 is 0. The SMILES string of the molecule is CC(C)CNC(=O)c1csc(C(C)C)n1. The number of hydrogen-bond donors (Lipinski definition) is 1. The molecule has 0 aromatic carbocycles. The fourth-order valence-corrected chi connectivity index (χ4v) is 1.86. The van der Waals surface area contributed by atoms with Crippen LogP contribution in [0.25, 0.3) is 0 Å². The molecular weight excluding hydrogens is 208 g/mol. The van der Waals surface area contributed by atoms with E-state index in [4.69, 9.17) is 0 Å². The van der Waals surface area contributed by atoms with Gasteiger partial charge in [0, 0.05) is 17.8 Å². The van der Waals surface area contributed by atoms with Crippen molar-refractivity contribution in [2.24, 2.45) is 5.92 Å². The number of carbonyl (C=O) groups excluding carboxylic acids is 1. The number of hydrogen-bond acceptors (Lipinski definition) is 3. The van der Waals surface area contributed by atoms with E-state index in [1.165, 1.54) is 0 Å². The van der Waals surface area contributed by atoms with Gasteiger partial charge in [0.25, 0.3) is 5.91 Å². The molecule has 4 heteroatoms. The number of carbonyl (C=O) groups is 1. The predicted molar refractivity (Wildman–Crippen MR) is 63.4 cm³/mol. The Bertz CT molecular complexity index is 331. The monoisotopic (exact) mass is 226 g/mol. The van der Waals surface area contributed by atoms with Crippen molar-refractivity contribution in [3.63, 3.8) is 0 Å². The van der Waals surface area contributed by atoms with Crippen molar-refractivity contribution in [1.29, 1.82) is 0 Å². The summed E-state index contributed by atoms with van der Waals surface area (Å²) in [6.45, 7) is 9.00. The van der Waals surface area contributed by atoms with Crippen LogP contribution in [0.2, 0.25) is 0 Å². The quantitative estimate of drug-likeness (QED) is 0.857. The van der Waals surface area contributed by atoms with Crippen LogP contribution in [0.3, 0.4) is 0 Å². The van der Waals surface area contributed by atoms with E-state index < -0.39 is 0 Å². The van der Waals surface area contributed by atoms with Crippen molar-refractivity contribution < 1.29 is 4.79 Å². The van der Waals surface area contributed by atoms with Crippen LogP contribution in [-0.2, 0) is 0 Å². The van der Waals surface area contributed by atoms with Crippen LogP contribution < -0.4 is 5.32 Å². The molecule has 1 rings (SSSR count). The number of aromatic nitrogens is 1. The van der Waals surface area contributed by atoms with Crippen LogP contribution in [0.15, 0.2) is 5.38 Å². The lowest BCUT2D eigenvalue weighted by molar-refractivity contribution is 0.0944. The molecule has 0 spiro atoms. The number of rotatable bonds is 4. The lowest BCUT2D eigenvalue weighted by Crippen LogP contribution is -2.27. The molecule has 0 radical (unpaired) electrons. The third-order valence-electron chi connectivity index (χ3n) is 1.92. The number of thiazole rings is 1. The largest absolute Gasteiger partial charge is 0.350 e. The molecule has 84 valence electrons. The number of amides is 1. The molecule has 1 heterocycles. The Hall–Kier alpha value is -0.900. The Balaban J connectivity index is 2.58. The highest BCUT2D eigenvalue weighted by molar-refractivity contribution is 7.09. The van der Waals surface area contributed by atoms with E-state index in [9.17, 15) is 4.79 Å². The Morgan fingerprint density at radius 2 is 2.13 bits per heavy atom. The van der Waals surface area contributed by atoms with Crippen LogP contribution >= 0.6 is 11.3 Å². The molecule has 0 aliphatic carbocycles. The minimum absolute atomic E-state index is 0.0631. The molecule has 0 unspecified atom stereocenters. The highest BCUT2D eigenvalue weighted by Crippen LogP contribution is 2.18. The van der Waals surface area contributed by atoms with Crippen molar-refractivity contribution in [3.05, 3.63) is 16.1 Å². The summed E-state index contributed by atoms with van der Waals surface area (Å²) in [5.41, 5.74) is 0.546. The fraction of sp³-hybridized carbons (Fsp3) is 0.636. The van der Waals surface area contributed by atoms with Gasteiger partial charge in [0.2, 0.25) is 0 Å². The Morgan fingerprint density at radius 3 is 2.60 bits per heavy atom. The maximum absolute atomic E-state index is 11.6. The topological polar surface area (TPSA) is 42.0 Å². The van der Waals surface area contributed by atoms with E-state index in [0.29, 0.717) is 24.1 Å². The standard InChI is InChI=1S/C11H18N2OS/c1-7(2)5-12-10(14)9-6-15-11(13-9)8(3)4/h6-8H,5H2,1-4H3,(H,12,14). The Labute approximate surface area is 94.9 Å². The molecule has 0 saturated heterocycles. The summed E-state index contributed by atoms with van der Waals surface area (Å²) in [6, 6.07) is 0. The van der Waals surface area contributed by atoms with Crippen LogP contribution in [0.1, 0.15) is 49.1 Å². The third kappa shape index (κ3) is 3.63. The van der Waals surface area contributed by atoms with E-state index in [0.717, 1.165) is 5.01 Å². The van der Waals surface area contributed by atoms with E-state index in [1.54, 1.807) is 11.3 Å². The van der Waals surface area contributed by atoms with E-state index in [2.05, 4.69) is 38.0 Å². The maximum atomic E-state index is 11.6. The fourth-order valence-electron chi connectivity index (χ4n) is 1.04. The van der Waals surface area contributed by atoms with Gasteiger partial charge in [-0.2, -0.15) is 0 Å². The lowest BCUT2D eigenvalue weighted by atomic mass is 10.2. The molecule has 3 nitrogen and oxygen atoms in total. The van der Waals surface area contributed by atoms with Gasteiger partial charge in [0.05, 0.1) is 5.01 Å². The molecule has 1 amide bonds. The van der Waals surface area contributed by atoms with Crippen molar-refractivity contribution in [3.8, 4) is 0 Å². The lowest BCUT2D eigenvalue weighted by Gasteiger charge is -2.05. The van der Waals surface area contributed by atoms with Gasteiger partial charge in [-0.05, 0) is 5.92 Å². The van der Waals surface area contributed by atoms with Gasteiger partial charge in [-0.3, -0.25) is 4.79 Å². The molecule has 1 aromatic rings. The summed E-state index contributed by atoms with van der Waals surface area (Å²) in [4.78, 5) is 15.9. The summed E-state index contributed by atoms with van der Waals surface area (Å²) in [7, 11) is 0. The first-order chi connectivity index (χ1) is 7.00. The molecule has 0 bridgehead atoms. The first-order valence-corrected chi connectivity index (χ1v) is 6.12. The predicted octanol–water partition coefficient (Wildman–Crippen LogP) is 2.65. The molecule has 0 fully saturated rings. The molecule has 1 aromatic heterocycles. The van der Waals surface area contributed by atoms with Crippen LogP contribution in [-0.4, -0.2) is 17.4 Å². The molecule has 0 atom stereocenters. The first kappa shape index (κ1) is 12.2. The minimum atomic E-state index is -0.0631. The molecule has 15 heavy (non-hydrogen) atoms. The van der Waals surface area contributed by atoms with Gasteiger partial charge in [0.15, 0.2) is 0 Å². The Kier molecular flexibility index (Phi) is 4.27. The van der Waals surface area contributed by atoms with Crippen LogP contribution in [0, 0.1) is 5.92 Å². The van der Waals surface area contributed by atoms with Gasteiger partial charge in [-0.15, -0.1) is 11.3 Å². The second-order valence-corrected chi connectivity index (χ2v) is 5.22. The summed E-state index contributed by atoms with van der Waals surface area (Å²) in [6.07, 6.45) is 0. The second-order valence-electron chi connectivity index (χ2n) is 4.33. The van der Waals surface area contributed by atoms with Gasteiger partial charge in [-0.1, -0.05) is 27.7 Å². The summed E-state index contributed by atoms with van der Waals surface area (Å²) >= 11 is 1.55. The highest BCUT2D eigenvalue weighted by Gasteiger charge is 2.12. The number of nitrogens with zero attached hydrogens (tertiary/aromatic N) is 1. The molecule has 0 saturated carbocycles. The highest BCUT2D eigenvalue weighted by atomic mass is 32.1. The third-order valence-corrected chi connectivity index (χ3v) is 3.06. The Morgan fingerprint density at radius 1 is 1.47 bits per heavy atom. The average molecular weight is 226 g/mol. The zero-order valence-electron chi connectivity index (χ0n) is 9.70. The normalized spacial score (nSPS) is 11.1. The van der Waals surface area contributed by atoms with Gasteiger partial charge in [0.1, 0.15) is 5.69 Å². The van der Waals surface area contributed by atoms with Crippen LogP contribution in [0.4, 0.5) is 0 Å². The molecular formula is C11H18N2OS. The summed E-state index contributed by atoms with van der Waals surface area (Å²) in [5.74, 6) is 0.797. The molecule has 1 N–H and O–H groups in total. The molecule has 0 aliphatic heterocycles.